The number of aromatic amines is 1. The number of amides is 2. The van der Waals surface area contributed by atoms with Crippen molar-refractivity contribution in [2.75, 3.05) is 13.1 Å². The second-order valence-electron chi connectivity index (χ2n) is 10.5. The molecule has 1 aliphatic carbocycles. The number of H-pyrrole nitrogens is 1. The fraction of sp³-hybridized carbons (Fsp3) is 0.652. The van der Waals surface area contributed by atoms with Crippen molar-refractivity contribution in [1.82, 2.24) is 24.4 Å². The summed E-state index contributed by atoms with van der Waals surface area (Å²) in [5.74, 6) is 0.949. The van der Waals surface area contributed by atoms with Crippen LogP contribution in [0.25, 0.3) is 5.65 Å². The number of hydrogen-bond donors (Lipinski definition) is 1. The summed E-state index contributed by atoms with van der Waals surface area (Å²) in [5.41, 5.74) is 2.23. The molecule has 8 nitrogen and oxygen atoms in total. The van der Waals surface area contributed by atoms with E-state index in [1.165, 1.54) is 4.52 Å². The average molecular weight is 426 g/mol. The quantitative estimate of drug-likeness (QED) is 0.799. The molecule has 0 bridgehead atoms. The summed E-state index contributed by atoms with van der Waals surface area (Å²) in [7, 11) is 0. The molecule has 166 valence electrons. The van der Waals surface area contributed by atoms with Crippen LogP contribution in [0.4, 0.5) is 0 Å². The highest BCUT2D eigenvalue weighted by Gasteiger charge is 2.44. The van der Waals surface area contributed by atoms with Gasteiger partial charge in [0.2, 0.25) is 11.8 Å². The first-order valence-electron chi connectivity index (χ1n) is 11.4. The highest BCUT2D eigenvalue weighted by atomic mass is 16.2. The van der Waals surface area contributed by atoms with E-state index in [2.05, 4.69) is 12.0 Å². The Labute approximate surface area is 181 Å². The van der Waals surface area contributed by atoms with Crippen LogP contribution in [0, 0.1) is 17.3 Å². The summed E-state index contributed by atoms with van der Waals surface area (Å²) in [4.78, 5) is 47.3. The van der Waals surface area contributed by atoms with Gasteiger partial charge in [-0.3, -0.25) is 19.5 Å². The second kappa shape index (κ2) is 6.93. The summed E-state index contributed by atoms with van der Waals surface area (Å²) in [6.45, 7) is 9.52. The minimum Gasteiger partial charge on any atom is -0.336 e. The maximum absolute atomic E-state index is 13.2. The fourth-order valence-corrected chi connectivity index (χ4v) is 5.06. The SMILES string of the molecule is C[C@@H]1C[C@@H]1C(=O)N1CCC[C@H]1c1cc2nc3c(c(=O)n2[nH]1)CCN(C(=O)C(C)(C)C)C3. The predicted molar refractivity (Wildman–Crippen MR) is 115 cm³/mol. The normalized spacial score (nSPS) is 25.7. The van der Waals surface area contributed by atoms with Crippen molar-refractivity contribution in [3.05, 3.63) is 33.4 Å². The number of nitrogens with zero attached hydrogens (tertiary/aromatic N) is 4. The number of rotatable bonds is 2. The zero-order valence-corrected chi connectivity index (χ0v) is 18.8. The van der Waals surface area contributed by atoms with Crippen LogP contribution in [0.5, 0.6) is 0 Å². The van der Waals surface area contributed by atoms with Gasteiger partial charge in [0, 0.05) is 36.1 Å². The summed E-state index contributed by atoms with van der Waals surface area (Å²) < 4.78 is 1.51. The third-order valence-corrected chi connectivity index (χ3v) is 7.04. The van der Waals surface area contributed by atoms with Crippen molar-refractivity contribution < 1.29 is 9.59 Å². The Morgan fingerprint density at radius 3 is 2.65 bits per heavy atom. The Morgan fingerprint density at radius 1 is 1.23 bits per heavy atom. The molecule has 3 atom stereocenters. The lowest BCUT2D eigenvalue weighted by Crippen LogP contribution is -2.44. The van der Waals surface area contributed by atoms with Gasteiger partial charge in [0.05, 0.1) is 24.0 Å². The number of carbonyl (C=O) groups is 2. The van der Waals surface area contributed by atoms with Crippen LogP contribution >= 0.6 is 0 Å². The first kappa shape index (κ1) is 20.3. The molecule has 0 radical (unpaired) electrons. The molecule has 2 fully saturated rings. The van der Waals surface area contributed by atoms with Crippen molar-refractivity contribution in [1.29, 1.82) is 0 Å². The molecule has 2 aliphatic heterocycles. The van der Waals surface area contributed by atoms with E-state index in [9.17, 15) is 14.4 Å². The predicted octanol–water partition coefficient (Wildman–Crippen LogP) is 2.27. The van der Waals surface area contributed by atoms with Crippen molar-refractivity contribution in [3.63, 3.8) is 0 Å². The third kappa shape index (κ3) is 3.36. The number of hydrogen-bond acceptors (Lipinski definition) is 4. The van der Waals surface area contributed by atoms with Gasteiger partial charge in [0.1, 0.15) is 0 Å². The van der Waals surface area contributed by atoms with Gasteiger partial charge in [-0.2, -0.15) is 0 Å². The first-order chi connectivity index (χ1) is 14.6. The van der Waals surface area contributed by atoms with Gasteiger partial charge in [0.25, 0.3) is 5.56 Å². The molecule has 3 aliphatic rings. The second-order valence-corrected chi connectivity index (χ2v) is 10.5. The molecule has 5 rings (SSSR count). The molecule has 0 unspecified atom stereocenters. The Kier molecular flexibility index (Phi) is 4.53. The van der Waals surface area contributed by atoms with Crippen LogP contribution in [0.15, 0.2) is 10.9 Å². The van der Waals surface area contributed by atoms with Crippen LogP contribution in [-0.4, -0.2) is 49.3 Å². The van der Waals surface area contributed by atoms with Gasteiger partial charge in [-0.1, -0.05) is 27.7 Å². The lowest BCUT2D eigenvalue weighted by atomic mass is 9.93. The van der Waals surface area contributed by atoms with E-state index in [4.69, 9.17) is 4.98 Å². The van der Waals surface area contributed by atoms with Gasteiger partial charge in [0.15, 0.2) is 5.65 Å². The maximum atomic E-state index is 13.2. The smallest absolute Gasteiger partial charge is 0.276 e. The van der Waals surface area contributed by atoms with Crippen LogP contribution in [0.1, 0.15) is 70.0 Å². The average Bonchev–Trinajstić information content (AvgIpc) is 3.11. The molecule has 1 N–H and O–H groups in total. The molecule has 1 saturated heterocycles. The molecule has 2 amide bonds. The zero-order chi connectivity index (χ0) is 22.1. The van der Waals surface area contributed by atoms with Gasteiger partial charge >= 0.3 is 0 Å². The molecule has 31 heavy (non-hydrogen) atoms. The Balaban J connectivity index is 1.46. The van der Waals surface area contributed by atoms with Gasteiger partial charge in [-0.25, -0.2) is 9.50 Å². The zero-order valence-electron chi connectivity index (χ0n) is 18.8. The first-order valence-corrected chi connectivity index (χ1v) is 11.4. The molecule has 2 aromatic heterocycles. The molecule has 0 spiro atoms. The lowest BCUT2D eigenvalue weighted by molar-refractivity contribution is -0.140. The van der Waals surface area contributed by atoms with E-state index in [1.807, 2.05) is 31.7 Å². The number of likely N-dealkylation sites (tertiary alicyclic amines) is 1. The maximum Gasteiger partial charge on any atom is 0.276 e. The Morgan fingerprint density at radius 2 is 1.97 bits per heavy atom. The largest absolute Gasteiger partial charge is 0.336 e. The van der Waals surface area contributed by atoms with Crippen molar-refractivity contribution in [2.24, 2.45) is 17.3 Å². The summed E-state index contributed by atoms with van der Waals surface area (Å²) in [5, 5.41) is 3.24. The molecule has 8 heteroatoms. The van der Waals surface area contributed by atoms with E-state index in [-0.39, 0.29) is 29.3 Å². The summed E-state index contributed by atoms with van der Waals surface area (Å²) in [6, 6.07) is 1.87. The fourth-order valence-electron chi connectivity index (χ4n) is 5.06. The van der Waals surface area contributed by atoms with Crippen molar-refractivity contribution in [3.8, 4) is 0 Å². The van der Waals surface area contributed by atoms with Crippen LogP contribution in [0.2, 0.25) is 0 Å². The van der Waals surface area contributed by atoms with E-state index < -0.39 is 5.41 Å². The van der Waals surface area contributed by atoms with E-state index in [0.717, 1.165) is 31.5 Å². The number of fused-ring (bicyclic) bond motifs is 2. The number of carbonyl (C=O) groups excluding carboxylic acids is 2. The molecule has 2 aromatic rings. The van der Waals surface area contributed by atoms with Crippen molar-refractivity contribution in [2.45, 2.75) is 66.0 Å². The minimum atomic E-state index is -0.463. The number of nitrogens with one attached hydrogen (secondary N) is 1. The van der Waals surface area contributed by atoms with E-state index in [0.29, 0.717) is 42.3 Å². The van der Waals surface area contributed by atoms with E-state index in [1.54, 1.807) is 4.90 Å². The molecule has 1 saturated carbocycles. The minimum absolute atomic E-state index is 0.0302. The highest BCUT2D eigenvalue weighted by Crippen LogP contribution is 2.43. The van der Waals surface area contributed by atoms with Gasteiger partial charge < -0.3 is 9.80 Å². The molecule has 0 aromatic carbocycles. The van der Waals surface area contributed by atoms with Crippen LogP contribution in [-0.2, 0) is 22.6 Å². The van der Waals surface area contributed by atoms with Gasteiger partial charge in [-0.15, -0.1) is 0 Å². The highest BCUT2D eigenvalue weighted by molar-refractivity contribution is 5.82. The standard InChI is InChI=1S/C23H31N5O3/c1-13-10-15(13)20(29)27-8-5-6-18(27)16-11-19-24-17-12-26(22(31)23(2,3)4)9-7-14(17)21(30)28(19)25-16/h11,13,15,18,25H,5-10,12H2,1-4H3/t13-,15+,18+/m1/s1. The lowest BCUT2D eigenvalue weighted by Gasteiger charge is -2.32. The monoisotopic (exact) mass is 425 g/mol. The van der Waals surface area contributed by atoms with Crippen LogP contribution < -0.4 is 5.56 Å². The van der Waals surface area contributed by atoms with E-state index >= 15 is 0 Å². The molecular formula is C23H31N5O3. The Bertz CT molecular complexity index is 1120. The molecular weight excluding hydrogens is 394 g/mol. The summed E-state index contributed by atoms with van der Waals surface area (Å²) >= 11 is 0. The topological polar surface area (TPSA) is 90.8 Å². The number of aromatic nitrogens is 3. The molecule has 4 heterocycles. The Hall–Kier alpha value is -2.64. The van der Waals surface area contributed by atoms with Gasteiger partial charge in [-0.05, 0) is 31.6 Å². The summed E-state index contributed by atoms with van der Waals surface area (Å²) in [6.07, 6.45) is 3.34. The third-order valence-electron chi connectivity index (χ3n) is 7.04. The van der Waals surface area contributed by atoms with Crippen molar-refractivity contribution >= 4 is 17.5 Å². The van der Waals surface area contributed by atoms with Crippen LogP contribution in [0.3, 0.4) is 0 Å².